The summed E-state index contributed by atoms with van der Waals surface area (Å²) in [6.45, 7) is 1.69. The van der Waals surface area contributed by atoms with Gasteiger partial charge < -0.3 is 37.0 Å². The maximum absolute atomic E-state index is 13.6. The number of amides is 2. The number of aromatic nitrogens is 1. The minimum absolute atomic E-state index is 0.00148. The number of nitrogens with one attached hydrogen (secondary N) is 3. The Bertz CT molecular complexity index is 1460. The second-order valence-electron chi connectivity index (χ2n) is 9.37. The van der Waals surface area contributed by atoms with E-state index in [1.165, 1.54) is 0 Å². The quantitative estimate of drug-likeness (QED) is 0.0756. The Morgan fingerprint density at radius 3 is 2.05 bits per heavy atom. The van der Waals surface area contributed by atoms with Gasteiger partial charge in [-0.3, -0.25) is 14.6 Å². The first kappa shape index (κ1) is 33.5. The number of carboxylic acids is 1. The number of nitrogens with zero attached hydrogens (tertiary/aromatic N) is 3. The molecule has 7 N–H and O–H groups in total. The van der Waals surface area contributed by atoms with Crippen LogP contribution in [0.4, 0.5) is 0 Å². The van der Waals surface area contributed by atoms with Gasteiger partial charge in [-0.2, -0.15) is 0 Å². The van der Waals surface area contributed by atoms with Gasteiger partial charge in [-0.05, 0) is 60.0 Å². The zero-order valence-corrected chi connectivity index (χ0v) is 23.8. The van der Waals surface area contributed by atoms with E-state index in [0.29, 0.717) is 25.9 Å². The van der Waals surface area contributed by atoms with E-state index in [4.69, 9.17) is 32.2 Å². The molecule has 12 heteroatoms. The summed E-state index contributed by atoms with van der Waals surface area (Å²) >= 11 is 0. The van der Waals surface area contributed by atoms with E-state index in [1.54, 1.807) is 0 Å². The van der Waals surface area contributed by atoms with Crippen molar-refractivity contribution in [1.29, 1.82) is 10.8 Å². The van der Waals surface area contributed by atoms with Crippen molar-refractivity contribution in [3.63, 3.8) is 0 Å². The molecule has 43 heavy (non-hydrogen) atoms. The molecule has 1 aromatic heterocycles. The smallest absolute Gasteiger partial charge is 0.242 e. The van der Waals surface area contributed by atoms with Gasteiger partial charge in [0.15, 0.2) is 5.96 Å². The standard InChI is InChI=1S/C29H32N6O2.C2H4O2.N2/c30-29(31)33-16-7-12-25(27(36)34-19-20-13-14-24-23(18-20)15-17-32-24)35-28(37)26(21-8-3-1-4-9-21)22-10-5-2-6-11-22;1-2(3)4;1-2/h1-6,8-11,13-15,17-18,25-26,32H,7,12,16,19H2,(H,34,36)(H,35,37)(H4,30,31,33);1H3,(H,3,4);/p-1/t25-;;/m0../s1. The summed E-state index contributed by atoms with van der Waals surface area (Å²) in [6, 6.07) is 26.3. The third-order valence-electron chi connectivity index (χ3n) is 6.19. The fourth-order valence-electron chi connectivity index (χ4n) is 4.34. The van der Waals surface area contributed by atoms with Gasteiger partial charge in [0.05, 0.1) is 5.92 Å². The molecule has 3 aromatic carbocycles. The Kier molecular flexibility index (Phi) is 13.9. The van der Waals surface area contributed by atoms with Gasteiger partial charge in [-0.15, -0.1) is 0 Å². The minimum atomic E-state index is -1.08. The Morgan fingerprint density at radius 1 is 0.907 bits per heavy atom. The van der Waals surface area contributed by atoms with Gasteiger partial charge in [0, 0.05) is 41.6 Å². The lowest BCUT2D eigenvalue weighted by molar-refractivity contribution is -0.302. The van der Waals surface area contributed by atoms with E-state index in [1.807, 2.05) is 91.1 Å². The molecule has 0 bridgehead atoms. The number of carbonyl (C=O) groups excluding carboxylic acids is 3. The monoisotopic (exact) mass is 583 g/mol. The van der Waals surface area contributed by atoms with Crippen molar-refractivity contribution in [1.82, 2.24) is 15.6 Å². The average molecular weight is 584 g/mol. The second kappa shape index (κ2) is 17.9. The van der Waals surface area contributed by atoms with Gasteiger partial charge in [-0.25, -0.2) is 0 Å². The summed E-state index contributed by atoms with van der Waals surface area (Å²) in [5.41, 5.74) is 14.6. The molecule has 1 heterocycles. The summed E-state index contributed by atoms with van der Waals surface area (Å²) in [6.07, 6.45) is 2.81. The number of H-pyrrole nitrogens is 1. The van der Waals surface area contributed by atoms with Crippen LogP contribution in [-0.2, 0) is 20.9 Å². The normalized spacial score (nSPS) is 10.7. The van der Waals surface area contributed by atoms with Crippen molar-refractivity contribution in [2.24, 2.45) is 16.5 Å². The van der Waals surface area contributed by atoms with Gasteiger partial charge in [0.25, 0.3) is 0 Å². The predicted molar refractivity (Wildman–Crippen MR) is 161 cm³/mol. The molecule has 0 aliphatic rings. The van der Waals surface area contributed by atoms with Gasteiger partial charge >= 0.3 is 0 Å². The Labute approximate surface area is 249 Å². The summed E-state index contributed by atoms with van der Waals surface area (Å²) < 4.78 is 0. The molecule has 0 radical (unpaired) electrons. The van der Waals surface area contributed by atoms with Crippen LogP contribution in [-0.4, -0.2) is 41.3 Å². The molecule has 1 atom stereocenters. The van der Waals surface area contributed by atoms with E-state index >= 15 is 0 Å². The highest BCUT2D eigenvalue weighted by Gasteiger charge is 2.27. The van der Waals surface area contributed by atoms with Crippen LogP contribution in [0.5, 0.6) is 0 Å². The molecular weight excluding hydrogens is 548 g/mol. The molecule has 12 nitrogen and oxygen atoms in total. The van der Waals surface area contributed by atoms with Crippen LogP contribution in [0.15, 0.2) is 96.1 Å². The van der Waals surface area contributed by atoms with Crippen LogP contribution in [0.1, 0.15) is 42.4 Å². The van der Waals surface area contributed by atoms with Crippen molar-refractivity contribution >= 4 is 34.6 Å². The SMILES string of the molecule is CC(=O)[O-].N#N.NC(N)=NCCC[C@H](NC(=O)C(c1ccccc1)c1ccccc1)C(=O)NCc1ccc2[nH]ccc2c1. The number of carboxylic acid groups (broad SMARTS) is 1. The number of carbonyl (C=O) groups is 3. The molecular formula is C31H35N8O4-. The van der Waals surface area contributed by atoms with Crippen molar-refractivity contribution < 1.29 is 19.5 Å². The highest BCUT2D eigenvalue weighted by Crippen LogP contribution is 2.25. The zero-order valence-electron chi connectivity index (χ0n) is 23.8. The largest absolute Gasteiger partial charge is 0.550 e. The van der Waals surface area contributed by atoms with Gasteiger partial charge in [-0.1, -0.05) is 66.7 Å². The lowest BCUT2D eigenvalue weighted by atomic mass is 9.90. The first-order chi connectivity index (χ1) is 20.7. The Balaban J connectivity index is 0.000000993. The molecule has 0 fully saturated rings. The van der Waals surface area contributed by atoms with Crippen LogP contribution in [0.2, 0.25) is 0 Å². The number of aromatic amines is 1. The number of hydrogen-bond donors (Lipinski definition) is 5. The molecule has 4 rings (SSSR count). The maximum atomic E-state index is 13.6. The van der Waals surface area contributed by atoms with E-state index < -0.39 is 17.9 Å². The number of guanidine groups is 1. The number of rotatable bonds is 11. The van der Waals surface area contributed by atoms with Gasteiger partial charge in [0.2, 0.25) is 11.8 Å². The molecule has 0 aliphatic carbocycles. The number of aliphatic carboxylic acids is 1. The van der Waals surface area contributed by atoms with E-state index in [-0.39, 0.29) is 17.8 Å². The molecule has 0 unspecified atom stereocenters. The van der Waals surface area contributed by atoms with Crippen LogP contribution in [0, 0.1) is 10.8 Å². The number of nitrogens with two attached hydrogens (primary N) is 2. The number of aliphatic imine (C=N–C) groups is 1. The molecule has 0 spiro atoms. The van der Waals surface area contributed by atoms with E-state index in [2.05, 4.69) is 20.6 Å². The molecule has 224 valence electrons. The lowest BCUT2D eigenvalue weighted by Crippen LogP contribution is -2.48. The molecule has 0 saturated carbocycles. The van der Waals surface area contributed by atoms with E-state index in [9.17, 15) is 9.59 Å². The maximum Gasteiger partial charge on any atom is 0.242 e. The summed E-state index contributed by atoms with van der Waals surface area (Å²) in [5.74, 6) is -2.13. The summed E-state index contributed by atoms with van der Waals surface area (Å²) in [5, 5.41) is 27.9. The zero-order chi connectivity index (χ0) is 31.6. The third-order valence-corrected chi connectivity index (χ3v) is 6.19. The van der Waals surface area contributed by atoms with Crippen molar-refractivity contribution in [3.05, 3.63) is 108 Å². The third kappa shape index (κ3) is 11.4. The fourth-order valence-corrected chi connectivity index (χ4v) is 4.34. The fraction of sp³-hybridized carbons (Fsp3) is 0.226. The topological polar surface area (TPSA) is 226 Å². The van der Waals surface area contributed by atoms with Crippen LogP contribution < -0.4 is 27.2 Å². The Morgan fingerprint density at radius 2 is 1.49 bits per heavy atom. The summed E-state index contributed by atoms with van der Waals surface area (Å²) in [7, 11) is 0. The van der Waals surface area contributed by atoms with Crippen molar-refractivity contribution in [2.75, 3.05) is 6.54 Å². The van der Waals surface area contributed by atoms with Crippen LogP contribution in [0.25, 0.3) is 10.9 Å². The predicted octanol–water partition coefficient (Wildman–Crippen LogP) is 1.94. The second-order valence-corrected chi connectivity index (χ2v) is 9.37. The van der Waals surface area contributed by atoms with Crippen molar-refractivity contribution in [3.8, 4) is 0 Å². The highest BCUT2D eigenvalue weighted by atomic mass is 16.4. The Hall–Kier alpha value is -5.70. The minimum Gasteiger partial charge on any atom is -0.550 e. The van der Waals surface area contributed by atoms with Gasteiger partial charge in [0.1, 0.15) is 6.04 Å². The van der Waals surface area contributed by atoms with Crippen LogP contribution >= 0.6 is 0 Å². The first-order valence-corrected chi connectivity index (χ1v) is 13.4. The first-order valence-electron chi connectivity index (χ1n) is 13.4. The molecule has 4 aromatic rings. The number of hydrogen-bond acceptors (Lipinski definition) is 7. The average Bonchev–Trinajstić information content (AvgIpc) is 3.47. The van der Waals surface area contributed by atoms with E-state index in [0.717, 1.165) is 34.5 Å². The number of fused-ring (bicyclic) bond motifs is 1. The lowest BCUT2D eigenvalue weighted by Gasteiger charge is -2.23. The molecule has 2 amide bonds. The van der Waals surface area contributed by atoms with Crippen LogP contribution in [0.3, 0.4) is 0 Å². The number of benzene rings is 3. The highest BCUT2D eigenvalue weighted by molar-refractivity contribution is 5.92. The molecule has 0 saturated heterocycles. The van der Waals surface area contributed by atoms with Crippen molar-refractivity contribution in [2.45, 2.75) is 38.3 Å². The molecule has 0 aliphatic heterocycles. The summed E-state index contributed by atoms with van der Waals surface area (Å²) in [4.78, 5) is 43.0.